The van der Waals surface area contributed by atoms with E-state index in [0.29, 0.717) is 17.2 Å². The molecule has 0 saturated heterocycles. The highest BCUT2D eigenvalue weighted by Crippen LogP contribution is 2.25. The Labute approximate surface area is 178 Å². The van der Waals surface area contributed by atoms with Crippen molar-refractivity contribution in [1.29, 1.82) is 0 Å². The van der Waals surface area contributed by atoms with Gasteiger partial charge in [-0.1, -0.05) is 24.3 Å². The van der Waals surface area contributed by atoms with Gasteiger partial charge < -0.3 is 10.3 Å². The van der Waals surface area contributed by atoms with E-state index in [4.69, 9.17) is 0 Å². The van der Waals surface area contributed by atoms with Gasteiger partial charge >= 0.3 is 0 Å². The summed E-state index contributed by atoms with van der Waals surface area (Å²) in [6.07, 6.45) is 3.46. The fourth-order valence-corrected chi connectivity index (χ4v) is 3.55. The predicted octanol–water partition coefficient (Wildman–Crippen LogP) is 4.44. The third-order valence-corrected chi connectivity index (χ3v) is 5.17. The van der Waals surface area contributed by atoms with Gasteiger partial charge in [0, 0.05) is 41.8 Å². The van der Waals surface area contributed by atoms with Gasteiger partial charge in [0.05, 0.1) is 0 Å². The minimum atomic E-state index is -0.102. The lowest BCUT2D eigenvalue weighted by atomic mass is 10.0. The zero-order chi connectivity index (χ0) is 21.4. The third kappa shape index (κ3) is 3.69. The maximum Gasteiger partial charge on any atom is 0.255 e. The van der Waals surface area contributed by atoms with Gasteiger partial charge in [-0.05, 0) is 59.8 Å². The van der Waals surface area contributed by atoms with Crippen LogP contribution in [-0.4, -0.2) is 24.7 Å². The molecule has 0 saturated carbocycles. The SMILES string of the molecule is Cc1cc(-c2ccc(-c3nc(Nc4ccc5c(=O)[nH]ccc5c4)n(C)n3)cc2)ccn1. The molecule has 0 spiro atoms. The summed E-state index contributed by atoms with van der Waals surface area (Å²) < 4.78 is 1.71. The molecular weight excluding hydrogens is 388 g/mol. The molecule has 3 aromatic heterocycles. The van der Waals surface area contributed by atoms with Crippen molar-refractivity contribution in [3.05, 3.63) is 89.1 Å². The first-order chi connectivity index (χ1) is 15.1. The summed E-state index contributed by atoms with van der Waals surface area (Å²) in [5.74, 6) is 1.26. The summed E-state index contributed by atoms with van der Waals surface area (Å²) >= 11 is 0. The lowest BCUT2D eigenvalue weighted by molar-refractivity contribution is 0.778. The summed E-state index contributed by atoms with van der Waals surface area (Å²) in [6, 6.07) is 19.7. The van der Waals surface area contributed by atoms with Crippen molar-refractivity contribution in [2.75, 3.05) is 5.32 Å². The first-order valence-corrected chi connectivity index (χ1v) is 9.90. The van der Waals surface area contributed by atoms with E-state index in [1.54, 1.807) is 16.9 Å². The molecule has 0 aliphatic heterocycles. The molecule has 152 valence electrons. The van der Waals surface area contributed by atoms with Crippen molar-refractivity contribution in [3.8, 4) is 22.5 Å². The number of H-pyrrole nitrogens is 1. The van der Waals surface area contributed by atoms with Crippen molar-refractivity contribution < 1.29 is 0 Å². The second-order valence-electron chi connectivity index (χ2n) is 7.38. The molecule has 0 radical (unpaired) electrons. The third-order valence-electron chi connectivity index (χ3n) is 5.17. The Bertz CT molecular complexity index is 1450. The quantitative estimate of drug-likeness (QED) is 0.459. The van der Waals surface area contributed by atoms with E-state index in [1.165, 1.54) is 0 Å². The molecule has 5 rings (SSSR count). The molecule has 0 aliphatic rings. The van der Waals surface area contributed by atoms with Gasteiger partial charge in [-0.2, -0.15) is 4.98 Å². The minimum absolute atomic E-state index is 0.102. The number of fused-ring (bicyclic) bond motifs is 1. The van der Waals surface area contributed by atoms with Crippen LogP contribution in [0.15, 0.2) is 77.9 Å². The van der Waals surface area contributed by atoms with Crippen LogP contribution < -0.4 is 10.9 Å². The summed E-state index contributed by atoms with van der Waals surface area (Å²) in [5.41, 5.74) is 4.91. The fraction of sp³-hybridized carbons (Fsp3) is 0.0833. The zero-order valence-electron chi connectivity index (χ0n) is 17.1. The molecule has 0 fully saturated rings. The van der Waals surface area contributed by atoms with Crippen LogP contribution in [0.5, 0.6) is 0 Å². The van der Waals surface area contributed by atoms with Crippen molar-refractivity contribution in [2.45, 2.75) is 6.92 Å². The first-order valence-electron chi connectivity index (χ1n) is 9.90. The van der Waals surface area contributed by atoms with E-state index in [2.05, 4.69) is 43.6 Å². The van der Waals surface area contributed by atoms with E-state index >= 15 is 0 Å². The smallest absolute Gasteiger partial charge is 0.255 e. The van der Waals surface area contributed by atoms with Crippen LogP contribution in [0, 0.1) is 6.92 Å². The van der Waals surface area contributed by atoms with Crippen LogP contribution in [0.4, 0.5) is 11.6 Å². The minimum Gasteiger partial charge on any atom is -0.329 e. The van der Waals surface area contributed by atoms with Gasteiger partial charge in [0.15, 0.2) is 5.82 Å². The molecular formula is C24H20N6O. The lowest BCUT2D eigenvalue weighted by Crippen LogP contribution is -2.05. The highest BCUT2D eigenvalue weighted by molar-refractivity contribution is 5.85. The normalized spacial score (nSPS) is 11.0. The number of benzene rings is 2. The van der Waals surface area contributed by atoms with E-state index in [1.807, 2.05) is 56.6 Å². The Balaban J connectivity index is 1.41. The van der Waals surface area contributed by atoms with Crippen LogP contribution >= 0.6 is 0 Å². The monoisotopic (exact) mass is 408 g/mol. The largest absolute Gasteiger partial charge is 0.329 e. The number of aromatic nitrogens is 5. The van der Waals surface area contributed by atoms with Crippen molar-refractivity contribution in [2.24, 2.45) is 7.05 Å². The number of hydrogen-bond donors (Lipinski definition) is 2. The van der Waals surface area contributed by atoms with Crippen LogP contribution in [0.2, 0.25) is 0 Å². The highest BCUT2D eigenvalue weighted by atomic mass is 16.1. The van der Waals surface area contributed by atoms with Crippen molar-refractivity contribution in [3.63, 3.8) is 0 Å². The Hall–Kier alpha value is -4.26. The maximum atomic E-state index is 11.9. The Morgan fingerprint density at radius 3 is 2.55 bits per heavy atom. The van der Waals surface area contributed by atoms with Gasteiger partial charge in [0.1, 0.15) is 0 Å². The number of rotatable bonds is 4. The molecule has 0 atom stereocenters. The molecule has 5 aromatic rings. The fourth-order valence-electron chi connectivity index (χ4n) is 3.55. The highest BCUT2D eigenvalue weighted by Gasteiger charge is 2.11. The Kier molecular flexibility index (Phi) is 4.55. The molecule has 3 heterocycles. The molecule has 0 aliphatic carbocycles. The zero-order valence-corrected chi connectivity index (χ0v) is 17.1. The molecule has 2 N–H and O–H groups in total. The summed E-state index contributed by atoms with van der Waals surface area (Å²) in [4.78, 5) is 23.5. The summed E-state index contributed by atoms with van der Waals surface area (Å²) in [6.45, 7) is 1.98. The van der Waals surface area contributed by atoms with Crippen LogP contribution in [0.1, 0.15) is 5.69 Å². The molecule has 7 nitrogen and oxygen atoms in total. The number of anilines is 2. The summed E-state index contributed by atoms with van der Waals surface area (Å²) in [5, 5.41) is 9.34. The van der Waals surface area contributed by atoms with Crippen LogP contribution in [-0.2, 0) is 7.05 Å². The lowest BCUT2D eigenvalue weighted by Gasteiger charge is -2.05. The molecule has 0 unspecified atom stereocenters. The van der Waals surface area contributed by atoms with Gasteiger partial charge in [-0.25, -0.2) is 4.68 Å². The topological polar surface area (TPSA) is 88.5 Å². The molecule has 7 heteroatoms. The molecule has 0 bridgehead atoms. The molecule has 31 heavy (non-hydrogen) atoms. The van der Waals surface area contributed by atoms with Gasteiger partial charge in [-0.15, -0.1) is 5.10 Å². The van der Waals surface area contributed by atoms with Crippen molar-refractivity contribution in [1.82, 2.24) is 24.7 Å². The average molecular weight is 408 g/mol. The molecule has 0 amide bonds. The standard InChI is InChI=1S/C24H20N6O/c1-15-13-18(9-11-25-15)16-3-5-17(6-4-16)22-28-24(30(2)29-22)27-20-7-8-21-19(14-20)10-12-26-23(21)31/h3-14H,1-2H3,(H,26,31)(H,27,28,29). The number of aryl methyl sites for hydroxylation is 2. The van der Waals surface area contributed by atoms with Gasteiger partial charge in [-0.3, -0.25) is 9.78 Å². The second kappa shape index (κ2) is 7.53. The Morgan fingerprint density at radius 2 is 1.74 bits per heavy atom. The van der Waals surface area contributed by atoms with E-state index in [-0.39, 0.29) is 5.56 Å². The van der Waals surface area contributed by atoms with Crippen LogP contribution in [0.3, 0.4) is 0 Å². The number of aromatic amines is 1. The predicted molar refractivity (Wildman–Crippen MR) is 122 cm³/mol. The van der Waals surface area contributed by atoms with Crippen LogP contribution in [0.25, 0.3) is 33.3 Å². The van der Waals surface area contributed by atoms with E-state index in [9.17, 15) is 4.79 Å². The summed E-state index contributed by atoms with van der Waals surface area (Å²) in [7, 11) is 1.85. The van der Waals surface area contributed by atoms with Crippen molar-refractivity contribution >= 4 is 22.4 Å². The first kappa shape index (κ1) is 18.7. The maximum absolute atomic E-state index is 11.9. The number of hydrogen-bond acceptors (Lipinski definition) is 5. The Morgan fingerprint density at radius 1 is 0.935 bits per heavy atom. The number of nitrogens with one attached hydrogen (secondary N) is 2. The second-order valence-corrected chi connectivity index (χ2v) is 7.38. The van der Waals surface area contributed by atoms with Gasteiger partial charge in [0.2, 0.25) is 5.95 Å². The van der Waals surface area contributed by atoms with E-state index in [0.717, 1.165) is 33.5 Å². The number of nitrogens with zero attached hydrogens (tertiary/aromatic N) is 4. The molecule has 2 aromatic carbocycles. The average Bonchev–Trinajstić information content (AvgIpc) is 3.14. The number of pyridine rings is 2. The van der Waals surface area contributed by atoms with Gasteiger partial charge in [0.25, 0.3) is 5.56 Å². The van der Waals surface area contributed by atoms with E-state index < -0.39 is 0 Å².